The van der Waals surface area contributed by atoms with E-state index in [-0.39, 0.29) is 18.0 Å². The zero-order chi connectivity index (χ0) is 11.7. The standard InChI is InChI=1S/C12H11F2NS.ClH/c1-7-4-5-8(11(14)10(7)13)12(15)9-3-2-6-16-9;/h2-6,12H,15H2,1H3;1H/t12-;/m1./s1. The summed E-state index contributed by atoms with van der Waals surface area (Å²) in [6.45, 7) is 1.53. The van der Waals surface area contributed by atoms with Crippen LogP contribution in [0.15, 0.2) is 29.6 Å². The number of hydrogen-bond donors (Lipinski definition) is 1. The second-order valence-electron chi connectivity index (χ2n) is 3.59. The summed E-state index contributed by atoms with van der Waals surface area (Å²) in [4.78, 5) is 0.821. The van der Waals surface area contributed by atoms with Crippen molar-refractivity contribution in [2.75, 3.05) is 0 Å². The molecule has 92 valence electrons. The smallest absolute Gasteiger partial charge is 0.164 e. The average Bonchev–Trinajstić information content (AvgIpc) is 2.79. The number of nitrogens with two attached hydrogens (primary N) is 1. The maximum absolute atomic E-state index is 13.7. The lowest BCUT2D eigenvalue weighted by Crippen LogP contribution is -2.13. The van der Waals surface area contributed by atoms with Gasteiger partial charge in [-0.1, -0.05) is 18.2 Å². The molecule has 0 unspecified atom stereocenters. The van der Waals surface area contributed by atoms with Gasteiger partial charge in [-0.05, 0) is 23.9 Å². The summed E-state index contributed by atoms with van der Waals surface area (Å²) in [7, 11) is 0. The Labute approximate surface area is 109 Å². The molecule has 0 aliphatic heterocycles. The van der Waals surface area contributed by atoms with Crippen LogP contribution in [0.1, 0.15) is 22.0 Å². The molecule has 0 bridgehead atoms. The average molecular weight is 276 g/mol. The summed E-state index contributed by atoms with van der Waals surface area (Å²) in [5, 5.41) is 1.86. The first-order valence-corrected chi connectivity index (χ1v) is 5.72. The third kappa shape index (κ3) is 2.65. The Morgan fingerprint density at radius 1 is 1.18 bits per heavy atom. The maximum atomic E-state index is 13.7. The monoisotopic (exact) mass is 275 g/mol. The van der Waals surface area contributed by atoms with Crippen molar-refractivity contribution in [3.8, 4) is 0 Å². The van der Waals surface area contributed by atoms with Gasteiger partial charge in [-0.2, -0.15) is 0 Å². The van der Waals surface area contributed by atoms with Gasteiger partial charge in [0, 0.05) is 10.4 Å². The fourth-order valence-electron chi connectivity index (χ4n) is 1.52. The molecule has 0 radical (unpaired) electrons. The quantitative estimate of drug-likeness (QED) is 0.886. The molecule has 1 aromatic heterocycles. The molecule has 0 saturated heterocycles. The summed E-state index contributed by atoms with van der Waals surface area (Å²) in [6, 6.07) is 6.13. The third-order valence-corrected chi connectivity index (χ3v) is 3.45. The van der Waals surface area contributed by atoms with Crippen molar-refractivity contribution in [2.45, 2.75) is 13.0 Å². The lowest BCUT2D eigenvalue weighted by molar-refractivity contribution is 0.490. The van der Waals surface area contributed by atoms with E-state index in [9.17, 15) is 8.78 Å². The van der Waals surface area contributed by atoms with E-state index in [0.29, 0.717) is 5.56 Å². The molecular formula is C12H12ClF2NS. The third-order valence-electron chi connectivity index (χ3n) is 2.49. The van der Waals surface area contributed by atoms with Crippen molar-refractivity contribution in [1.82, 2.24) is 0 Å². The molecule has 0 spiro atoms. The number of rotatable bonds is 2. The molecule has 2 N–H and O–H groups in total. The molecule has 2 aromatic rings. The normalized spacial score (nSPS) is 12.0. The Kier molecular flexibility index (Phi) is 4.62. The SMILES string of the molecule is Cc1ccc([C@@H](N)c2cccs2)c(F)c1F.Cl. The van der Waals surface area contributed by atoms with Gasteiger partial charge in [-0.15, -0.1) is 23.7 Å². The molecular weight excluding hydrogens is 264 g/mol. The fraction of sp³-hybridized carbons (Fsp3) is 0.167. The molecule has 2 rings (SSSR count). The number of benzene rings is 1. The first-order valence-electron chi connectivity index (χ1n) is 4.84. The summed E-state index contributed by atoms with van der Waals surface area (Å²) in [6.07, 6.45) is 0. The summed E-state index contributed by atoms with van der Waals surface area (Å²) in [5.74, 6) is -1.66. The molecule has 0 fully saturated rings. The van der Waals surface area contributed by atoms with Crippen LogP contribution in [0.4, 0.5) is 8.78 Å². The largest absolute Gasteiger partial charge is 0.320 e. The predicted octanol–water partition coefficient (Wildman–Crippen LogP) is 3.80. The van der Waals surface area contributed by atoms with Crippen molar-refractivity contribution in [3.05, 3.63) is 57.3 Å². The van der Waals surface area contributed by atoms with Gasteiger partial charge in [0.15, 0.2) is 11.6 Å². The summed E-state index contributed by atoms with van der Waals surface area (Å²) < 4.78 is 27.0. The Morgan fingerprint density at radius 3 is 2.47 bits per heavy atom. The number of halogens is 3. The van der Waals surface area contributed by atoms with Crippen LogP contribution in [0.2, 0.25) is 0 Å². The van der Waals surface area contributed by atoms with Crippen LogP contribution in [0, 0.1) is 18.6 Å². The molecule has 0 aliphatic rings. The van der Waals surface area contributed by atoms with E-state index >= 15 is 0 Å². The van der Waals surface area contributed by atoms with Gasteiger partial charge in [-0.3, -0.25) is 0 Å². The molecule has 5 heteroatoms. The Bertz CT molecular complexity index is 499. The predicted molar refractivity (Wildman–Crippen MR) is 68.7 cm³/mol. The fourth-order valence-corrected chi connectivity index (χ4v) is 2.27. The zero-order valence-corrected chi connectivity index (χ0v) is 10.7. The molecule has 1 nitrogen and oxygen atoms in total. The second kappa shape index (κ2) is 5.58. The Hall–Kier alpha value is -0.970. The molecule has 17 heavy (non-hydrogen) atoms. The van der Waals surface area contributed by atoms with Gasteiger partial charge >= 0.3 is 0 Å². The van der Waals surface area contributed by atoms with Crippen LogP contribution >= 0.6 is 23.7 Å². The van der Waals surface area contributed by atoms with Gasteiger partial charge in [-0.25, -0.2) is 8.78 Å². The highest BCUT2D eigenvalue weighted by Gasteiger charge is 2.18. The lowest BCUT2D eigenvalue weighted by Gasteiger charge is -2.12. The van der Waals surface area contributed by atoms with Crippen LogP contribution < -0.4 is 5.73 Å². The highest BCUT2D eigenvalue weighted by molar-refractivity contribution is 7.10. The van der Waals surface area contributed by atoms with Gasteiger partial charge in [0.1, 0.15) is 0 Å². The van der Waals surface area contributed by atoms with Crippen molar-refractivity contribution in [2.24, 2.45) is 5.73 Å². The van der Waals surface area contributed by atoms with Crippen molar-refractivity contribution < 1.29 is 8.78 Å². The Balaban J connectivity index is 0.00000144. The highest BCUT2D eigenvalue weighted by Crippen LogP contribution is 2.27. The van der Waals surface area contributed by atoms with Gasteiger partial charge in [0.2, 0.25) is 0 Å². The summed E-state index contributed by atoms with van der Waals surface area (Å²) in [5.41, 5.74) is 6.38. The lowest BCUT2D eigenvalue weighted by atomic mass is 10.0. The van der Waals surface area contributed by atoms with E-state index in [0.717, 1.165) is 4.88 Å². The Morgan fingerprint density at radius 2 is 1.88 bits per heavy atom. The van der Waals surface area contributed by atoms with Crippen molar-refractivity contribution >= 4 is 23.7 Å². The maximum Gasteiger partial charge on any atom is 0.164 e. The molecule has 1 heterocycles. The topological polar surface area (TPSA) is 26.0 Å². The van der Waals surface area contributed by atoms with Crippen molar-refractivity contribution in [3.63, 3.8) is 0 Å². The van der Waals surface area contributed by atoms with Gasteiger partial charge in [0.05, 0.1) is 6.04 Å². The van der Waals surface area contributed by atoms with E-state index in [2.05, 4.69) is 0 Å². The van der Waals surface area contributed by atoms with E-state index in [1.165, 1.54) is 24.3 Å². The number of thiophene rings is 1. The zero-order valence-electron chi connectivity index (χ0n) is 9.11. The van der Waals surface area contributed by atoms with E-state index in [4.69, 9.17) is 5.73 Å². The van der Waals surface area contributed by atoms with E-state index in [1.54, 1.807) is 6.07 Å². The molecule has 1 atom stereocenters. The highest BCUT2D eigenvalue weighted by atomic mass is 35.5. The minimum Gasteiger partial charge on any atom is -0.320 e. The first kappa shape index (κ1) is 14.1. The van der Waals surface area contributed by atoms with Gasteiger partial charge in [0.25, 0.3) is 0 Å². The van der Waals surface area contributed by atoms with E-state index < -0.39 is 17.7 Å². The molecule has 0 saturated carbocycles. The summed E-state index contributed by atoms with van der Waals surface area (Å²) >= 11 is 1.43. The number of aryl methyl sites for hydroxylation is 1. The van der Waals surface area contributed by atoms with Crippen LogP contribution in [0.25, 0.3) is 0 Å². The van der Waals surface area contributed by atoms with E-state index in [1.807, 2.05) is 17.5 Å². The van der Waals surface area contributed by atoms with Crippen molar-refractivity contribution in [1.29, 1.82) is 0 Å². The number of hydrogen-bond acceptors (Lipinski definition) is 2. The van der Waals surface area contributed by atoms with Gasteiger partial charge < -0.3 is 5.73 Å². The minimum absolute atomic E-state index is 0. The minimum atomic E-state index is -0.846. The molecule has 0 aliphatic carbocycles. The van der Waals surface area contributed by atoms with Crippen LogP contribution in [0.5, 0.6) is 0 Å². The molecule has 1 aromatic carbocycles. The first-order chi connectivity index (χ1) is 7.61. The second-order valence-corrected chi connectivity index (χ2v) is 4.57. The molecule has 0 amide bonds. The van der Waals surface area contributed by atoms with Crippen LogP contribution in [-0.2, 0) is 0 Å². The van der Waals surface area contributed by atoms with Crippen LogP contribution in [0.3, 0.4) is 0 Å². The van der Waals surface area contributed by atoms with Crippen LogP contribution in [-0.4, -0.2) is 0 Å².